The topological polar surface area (TPSA) is 21.3 Å². The Kier molecular flexibility index (Phi) is 3.57. The number of hydrogen-bond donors (Lipinski definition) is 1. The number of nitrogens with one attached hydrogen (secondary N) is 1. The fraction of sp³-hybridized carbons (Fsp3) is 0.571. The van der Waals surface area contributed by atoms with Crippen molar-refractivity contribution in [2.24, 2.45) is 0 Å². The van der Waals surface area contributed by atoms with Gasteiger partial charge in [0.1, 0.15) is 11.6 Å². The van der Waals surface area contributed by atoms with Crippen molar-refractivity contribution in [1.82, 2.24) is 5.32 Å². The molecule has 2 fully saturated rings. The molecule has 98 valence electrons. The molecule has 0 bridgehead atoms. The lowest BCUT2D eigenvalue weighted by molar-refractivity contribution is 0.289. The first-order chi connectivity index (χ1) is 8.74. The summed E-state index contributed by atoms with van der Waals surface area (Å²) in [6, 6.07) is 3.33. The van der Waals surface area contributed by atoms with Gasteiger partial charge in [0.2, 0.25) is 0 Å². The standard InChI is InChI=1S/C14H17BrFNO/c15-12-8-9(16)7-11(13-3-1-2-6-17-13)14(12)18-10-4-5-10/h7-8,10,13,17H,1-6H2. The van der Waals surface area contributed by atoms with Gasteiger partial charge in [-0.25, -0.2) is 4.39 Å². The van der Waals surface area contributed by atoms with Gasteiger partial charge in [-0.3, -0.25) is 0 Å². The summed E-state index contributed by atoms with van der Waals surface area (Å²) in [5.41, 5.74) is 0.966. The van der Waals surface area contributed by atoms with E-state index in [1.165, 1.54) is 18.9 Å². The Morgan fingerprint density at radius 3 is 2.72 bits per heavy atom. The van der Waals surface area contributed by atoms with Gasteiger partial charge in [0.15, 0.2) is 0 Å². The van der Waals surface area contributed by atoms with Gasteiger partial charge in [0.25, 0.3) is 0 Å². The first-order valence-electron chi connectivity index (χ1n) is 6.63. The molecule has 0 aromatic heterocycles. The highest BCUT2D eigenvalue weighted by Gasteiger charge is 2.28. The van der Waals surface area contributed by atoms with Crippen molar-refractivity contribution in [2.75, 3.05) is 6.54 Å². The van der Waals surface area contributed by atoms with E-state index in [-0.39, 0.29) is 11.9 Å². The van der Waals surface area contributed by atoms with Crippen LogP contribution in [0.2, 0.25) is 0 Å². The highest BCUT2D eigenvalue weighted by molar-refractivity contribution is 9.10. The van der Waals surface area contributed by atoms with E-state index in [9.17, 15) is 4.39 Å². The Labute approximate surface area is 115 Å². The molecule has 1 atom stereocenters. The number of ether oxygens (including phenoxy) is 1. The van der Waals surface area contributed by atoms with Gasteiger partial charge >= 0.3 is 0 Å². The van der Waals surface area contributed by atoms with Gasteiger partial charge in [-0.05, 0) is 60.3 Å². The van der Waals surface area contributed by atoms with Gasteiger partial charge in [-0.15, -0.1) is 0 Å². The van der Waals surface area contributed by atoms with Gasteiger partial charge in [-0.1, -0.05) is 6.42 Å². The van der Waals surface area contributed by atoms with Crippen molar-refractivity contribution >= 4 is 15.9 Å². The van der Waals surface area contributed by atoms with Crippen LogP contribution < -0.4 is 10.1 Å². The molecule has 1 heterocycles. The molecule has 2 nitrogen and oxygen atoms in total. The second-order valence-corrected chi connectivity index (χ2v) is 5.98. The predicted octanol–water partition coefficient (Wildman–Crippen LogP) is 3.94. The maximum Gasteiger partial charge on any atom is 0.138 e. The van der Waals surface area contributed by atoms with Gasteiger partial charge in [0, 0.05) is 11.6 Å². The minimum atomic E-state index is -0.201. The maximum absolute atomic E-state index is 13.6. The summed E-state index contributed by atoms with van der Waals surface area (Å²) >= 11 is 3.43. The monoisotopic (exact) mass is 313 g/mol. The summed E-state index contributed by atoms with van der Waals surface area (Å²) in [6.07, 6.45) is 5.99. The lowest BCUT2D eigenvalue weighted by Gasteiger charge is -2.26. The third-order valence-electron chi connectivity index (χ3n) is 3.53. The molecular formula is C14H17BrFNO. The Morgan fingerprint density at radius 2 is 2.06 bits per heavy atom. The number of piperidine rings is 1. The molecule has 1 aliphatic heterocycles. The third kappa shape index (κ3) is 2.69. The molecule has 0 amide bonds. The Morgan fingerprint density at radius 1 is 1.22 bits per heavy atom. The zero-order chi connectivity index (χ0) is 12.5. The van der Waals surface area contributed by atoms with Crippen LogP contribution in [0.15, 0.2) is 16.6 Å². The first kappa shape index (κ1) is 12.4. The van der Waals surface area contributed by atoms with Gasteiger partial charge < -0.3 is 10.1 Å². The zero-order valence-electron chi connectivity index (χ0n) is 10.2. The first-order valence-corrected chi connectivity index (χ1v) is 7.42. The number of benzene rings is 1. The average molecular weight is 314 g/mol. The fourth-order valence-electron chi connectivity index (χ4n) is 2.43. The lowest BCUT2D eigenvalue weighted by atomic mass is 9.96. The molecule has 1 aliphatic carbocycles. The molecule has 1 saturated heterocycles. The number of rotatable bonds is 3. The molecule has 1 aromatic carbocycles. The van der Waals surface area contributed by atoms with E-state index in [4.69, 9.17) is 4.74 Å². The predicted molar refractivity (Wildman–Crippen MR) is 72.3 cm³/mol. The van der Waals surface area contributed by atoms with E-state index in [1.807, 2.05) is 0 Å². The molecule has 0 radical (unpaired) electrons. The Hall–Kier alpha value is -0.610. The van der Waals surface area contributed by atoms with Crippen LogP contribution >= 0.6 is 15.9 Å². The highest BCUT2D eigenvalue weighted by Crippen LogP contribution is 2.40. The van der Waals surface area contributed by atoms with Crippen molar-refractivity contribution in [1.29, 1.82) is 0 Å². The molecule has 1 saturated carbocycles. The number of hydrogen-bond acceptors (Lipinski definition) is 2. The molecule has 3 rings (SSSR count). The SMILES string of the molecule is Fc1cc(Br)c(OC2CC2)c(C2CCCCN2)c1. The lowest BCUT2D eigenvalue weighted by Crippen LogP contribution is -2.27. The summed E-state index contributed by atoms with van der Waals surface area (Å²) in [4.78, 5) is 0. The second kappa shape index (κ2) is 5.17. The van der Waals surface area contributed by atoms with E-state index in [2.05, 4.69) is 21.2 Å². The molecular weight excluding hydrogens is 297 g/mol. The molecule has 4 heteroatoms. The molecule has 18 heavy (non-hydrogen) atoms. The van der Waals surface area contributed by atoms with E-state index in [0.717, 1.165) is 41.6 Å². The summed E-state index contributed by atoms with van der Waals surface area (Å²) in [5.74, 6) is 0.630. The Balaban J connectivity index is 1.92. The van der Waals surface area contributed by atoms with Crippen LogP contribution in [0.3, 0.4) is 0 Å². The van der Waals surface area contributed by atoms with Gasteiger partial charge in [0.05, 0.1) is 10.6 Å². The third-order valence-corrected chi connectivity index (χ3v) is 4.12. The minimum Gasteiger partial charge on any atom is -0.489 e. The highest BCUT2D eigenvalue weighted by atomic mass is 79.9. The van der Waals surface area contributed by atoms with Crippen LogP contribution in [-0.4, -0.2) is 12.6 Å². The summed E-state index contributed by atoms with van der Waals surface area (Å²) in [5, 5.41) is 3.46. The van der Waals surface area contributed by atoms with Crippen LogP contribution in [0.5, 0.6) is 5.75 Å². The molecule has 1 aromatic rings. The van der Waals surface area contributed by atoms with Gasteiger partial charge in [-0.2, -0.15) is 0 Å². The van der Waals surface area contributed by atoms with Crippen LogP contribution in [0.4, 0.5) is 4.39 Å². The molecule has 2 aliphatic rings. The Bertz CT molecular complexity index is 442. The fourth-order valence-corrected chi connectivity index (χ4v) is 2.97. The van der Waals surface area contributed by atoms with E-state index < -0.39 is 0 Å². The van der Waals surface area contributed by atoms with Crippen LogP contribution in [-0.2, 0) is 0 Å². The summed E-state index contributed by atoms with van der Waals surface area (Å²) < 4.78 is 20.3. The molecule has 1 N–H and O–H groups in total. The normalized spacial score (nSPS) is 24.0. The van der Waals surface area contributed by atoms with Crippen LogP contribution in [0, 0.1) is 5.82 Å². The van der Waals surface area contributed by atoms with Crippen LogP contribution in [0.25, 0.3) is 0 Å². The zero-order valence-corrected chi connectivity index (χ0v) is 11.8. The van der Waals surface area contributed by atoms with E-state index >= 15 is 0 Å². The quantitative estimate of drug-likeness (QED) is 0.912. The largest absolute Gasteiger partial charge is 0.489 e. The van der Waals surface area contributed by atoms with Crippen molar-refractivity contribution < 1.29 is 9.13 Å². The molecule has 0 spiro atoms. The second-order valence-electron chi connectivity index (χ2n) is 5.13. The van der Waals surface area contributed by atoms with Crippen molar-refractivity contribution in [3.8, 4) is 5.75 Å². The van der Waals surface area contributed by atoms with Crippen molar-refractivity contribution in [2.45, 2.75) is 44.2 Å². The summed E-state index contributed by atoms with van der Waals surface area (Å²) in [6.45, 7) is 1.00. The van der Waals surface area contributed by atoms with Crippen molar-refractivity contribution in [3.63, 3.8) is 0 Å². The van der Waals surface area contributed by atoms with E-state index in [0.29, 0.717) is 6.10 Å². The average Bonchev–Trinajstić information content (AvgIpc) is 3.17. The maximum atomic E-state index is 13.6. The summed E-state index contributed by atoms with van der Waals surface area (Å²) in [7, 11) is 0. The minimum absolute atomic E-state index is 0.201. The van der Waals surface area contributed by atoms with Crippen molar-refractivity contribution in [3.05, 3.63) is 28.0 Å². The van der Waals surface area contributed by atoms with E-state index in [1.54, 1.807) is 6.07 Å². The molecule has 1 unspecified atom stereocenters. The van der Waals surface area contributed by atoms with Crippen LogP contribution in [0.1, 0.15) is 43.7 Å². The smallest absolute Gasteiger partial charge is 0.138 e. The number of halogens is 2.